The molecular weight excluding hydrogens is 400 g/mol. The molecule has 150 valence electrons. The van der Waals surface area contributed by atoms with Crippen LogP contribution >= 0.6 is 11.3 Å². The molecule has 0 aliphatic carbocycles. The number of thiophene rings is 1. The minimum absolute atomic E-state index is 0.0815. The molecule has 0 saturated carbocycles. The zero-order valence-electron chi connectivity index (χ0n) is 15.2. The van der Waals surface area contributed by atoms with Crippen molar-refractivity contribution in [1.29, 1.82) is 0 Å². The number of benzene rings is 1. The standard InChI is InChI=1S/C18H16N4O6S/c1-18(9-2-3-11-12(6-9)28-8-27-11)16(25)22(17(26)21-18)7-13(23)20-15-10(14(19)24)4-5-29-15/h2-6H,7-8H2,1H3,(H2,19,24)(H,20,23)(H,21,26). The highest BCUT2D eigenvalue weighted by Crippen LogP contribution is 2.37. The van der Waals surface area contributed by atoms with Gasteiger partial charge < -0.3 is 25.8 Å². The van der Waals surface area contributed by atoms with Crippen molar-refractivity contribution in [2.24, 2.45) is 5.73 Å². The van der Waals surface area contributed by atoms with E-state index in [0.717, 1.165) is 16.2 Å². The normalized spacial score (nSPS) is 20.0. The molecule has 1 unspecified atom stereocenters. The summed E-state index contributed by atoms with van der Waals surface area (Å²) >= 11 is 1.11. The van der Waals surface area contributed by atoms with E-state index >= 15 is 0 Å². The van der Waals surface area contributed by atoms with Crippen LogP contribution in [-0.2, 0) is 15.1 Å². The predicted molar refractivity (Wildman–Crippen MR) is 102 cm³/mol. The van der Waals surface area contributed by atoms with Gasteiger partial charge in [0.25, 0.3) is 11.8 Å². The summed E-state index contributed by atoms with van der Waals surface area (Å²) in [5, 5.41) is 6.99. The number of ether oxygens (including phenoxy) is 2. The van der Waals surface area contributed by atoms with Crippen LogP contribution in [0.25, 0.3) is 0 Å². The van der Waals surface area contributed by atoms with Crippen LogP contribution in [0.1, 0.15) is 22.8 Å². The van der Waals surface area contributed by atoms with Crippen LogP contribution < -0.4 is 25.8 Å². The van der Waals surface area contributed by atoms with Crippen molar-refractivity contribution >= 4 is 40.1 Å². The Morgan fingerprint density at radius 1 is 1.28 bits per heavy atom. The molecule has 11 heteroatoms. The Hall–Kier alpha value is -3.60. The van der Waals surface area contributed by atoms with Crippen LogP contribution in [0.5, 0.6) is 11.5 Å². The molecule has 1 saturated heterocycles. The number of hydrogen-bond donors (Lipinski definition) is 3. The van der Waals surface area contributed by atoms with E-state index in [0.29, 0.717) is 17.1 Å². The Balaban J connectivity index is 1.51. The number of nitrogens with zero attached hydrogens (tertiary/aromatic N) is 1. The van der Waals surface area contributed by atoms with Crippen molar-refractivity contribution in [1.82, 2.24) is 10.2 Å². The maximum absolute atomic E-state index is 13.0. The number of nitrogens with two attached hydrogens (primary N) is 1. The lowest BCUT2D eigenvalue weighted by molar-refractivity contribution is -0.133. The fraction of sp³-hybridized carbons (Fsp3) is 0.222. The van der Waals surface area contributed by atoms with E-state index in [4.69, 9.17) is 15.2 Å². The number of carbonyl (C=O) groups excluding carboxylic acids is 4. The minimum Gasteiger partial charge on any atom is -0.454 e. The maximum Gasteiger partial charge on any atom is 0.325 e. The molecule has 1 atom stereocenters. The molecule has 0 spiro atoms. The van der Waals surface area contributed by atoms with E-state index in [9.17, 15) is 19.2 Å². The molecule has 2 aromatic rings. The largest absolute Gasteiger partial charge is 0.454 e. The zero-order valence-corrected chi connectivity index (χ0v) is 16.0. The smallest absolute Gasteiger partial charge is 0.325 e. The molecule has 1 fully saturated rings. The monoisotopic (exact) mass is 416 g/mol. The van der Waals surface area contributed by atoms with Crippen LogP contribution in [-0.4, -0.2) is 42.0 Å². The lowest BCUT2D eigenvalue weighted by Gasteiger charge is -2.22. The van der Waals surface area contributed by atoms with Gasteiger partial charge in [0.15, 0.2) is 11.5 Å². The number of hydrogen-bond acceptors (Lipinski definition) is 7. The lowest BCUT2D eigenvalue weighted by atomic mass is 9.91. The molecule has 2 aliphatic heterocycles. The number of imide groups is 1. The van der Waals surface area contributed by atoms with E-state index in [1.54, 1.807) is 30.5 Å². The van der Waals surface area contributed by atoms with Crippen LogP contribution in [0.3, 0.4) is 0 Å². The van der Waals surface area contributed by atoms with Gasteiger partial charge in [0.05, 0.1) is 5.56 Å². The van der Waals surface area contributed by atoms with Crippen molar-refractivity contribution in [2.75, 3.05) is 18.7 Å². The number of rotatable bonds is 5. The quantitative estimate of drug-likeness (QED) is 0.621. The third kappa shape index (κ3) is 3.14. The Morgan fingerprint density at radius 3 is 2.79 bits per heavy atom. The third-order valence-electron chi connectivity index (χ3n) is 4.71. The van der Waals surface area contributed by atoms with Crippen molar-refractivity contribution in [3.8, 4) is 11.5 Å². The number of carbonyl (C=O) groups is 4. The zero-order chi connectivity index (χ0) is 20.8. The fourth-order valence-corrected chi connectivity index (χ4v) is 3.96. The Kier molecular flexibility index (Phi) is 4.38. The highest BCUT2D eigenvalue weighted by molar-refractivity contribution is 7.14. The number of nitrogens with one attached hydrogen (secondary N) is 2. The van der Waals surface area contributed by atoms with E-state index in [2.05, 4.69) is 10.6 Å². The van der Waals surface area contributed by atoms with Gasteiger partial charge in [-0.25, -0.2) is 4.79 Å². The Labute approximate surface area is 168 Å². The average molecular weight is 416 g/mol. The van der Waals surface area contributed by atoms with Crippen molar-refractivity contribution < 1.29 is 28.7 Å². The van der Waals surface area contributed by atoms with Crippen LogP contribution in [0, 0.1) is 0 Å². The van der Waals surface area contributed by atoms with Gasteiger partial charge in [-0.1, -0.05) is 6.07 Å². The number of fused-ring (bicyclic) bond motifs is 1. The summed E-state index contributed by atoms with van der Waals surface area (Å²) in [5.41, 5.74) is 4.54. The first-order chi connectivity index (χ1) is 13.8. The Morgan fingerprint density at radius 2 is 2.03 bits per heavy atom. The molecule has 0 bridgehead atoms. The number of urea groups is 1. The van der Waals surface area contributed by atoms with Crippen LogP contribution in [0.2, 0.25) is 0 Å². The molecule has 29 heavy (non-hydrogen) atoms. The van der Waals surface area contributed by atoms with Gasteiger partial charge >= 0.3 is 6.03 Å². The fourth-order valence-electron chi connectivity index (χ4n) is 3.15. The van der Waals surface area contributed by atoms with Gasteiger partial charge in [0, 0.05) is 0 Å². The third-order valence-corrected chi connectivity index (χ3v) is 5.54. The summed E-state index contributed by atoms with van der Waals surface area (Å²) in [6, 6.07) is 5.70. The predicted octanol–water partition coefficient (Wildman–Crippen LogP) is 0.981. The van der Waals surface area contributed by atoms with Gasteiger partial charge in [0.1, 0.15) is 17.1 Å². The lowest BCUT2D eigenvalue weighted by Crippen LogP contribution is -2.42. The van der Waals surface area contributed by atoms with Gasteiger partial charge in [-0.15, -0.1) is 11.3 Å². The summed E-state index contributed by atoms with van der Waals surface area (Å²) in [6.07, 6.45) is 0. The number of anilines is 1. The molecule has 10 nitrogen and oxygen atoms in total. The maximum atomic E-state index is 13.0. The average Bonchev–Trinajstić information content (AvgIpc) is 3.37. The molecule has 2 aliphatic rings. The first kappa shape index (κ1) is 18.7. The number of amides is 5. The molecule has 1 aromatic carbocycles. The van der Waals surface area contributed by atoms with Crippen molar-refractivity contribution in [2.45, 2.75) is 12.5 Å². The topological polar surface area (TPSA) is 140 Å². The summed E-state index contributed by atoms with van der Waals surface area (Å²) < 4.78 is 10.6. The van der Waals surface area contributed by atoms with Crippen molar-refractivity contribution in [3.05, 3.63) is 40.8 Å². The second-order valence-corrected chi connectivity index (χ2v) is 7.51. The number of primary amides is 1. The van der Waals surface area contributed by atoms with Gasteiger partial charge in [-0.3, -0.25) is 19.3 Å². The first-order valence-corrected chi connectivity index (χ1v) is 9.39. The molecule has 1 aromatic heterocycles. The molecule has 5 amide bonds. The van der Waals surface area contributed by atoms with Crippen LogP contribution in [0.4, 0.5) is 9.80 Å². The highest BCUT2D eigenvalue weighted by Gasteiger charge is 2.50. The van der Waals surface area contributed by atoms with E-state index < -0.39 is 35.8 Å². The second kappa shape index (κ2) is 6.78. The first-order valence-electron chi connectivity index (χ1n) is 8.51. The van der Waals surface area contributed by atoms with Gasteiger partial charge in [-0.05, 0) is 36.1 Å². The molecule has 4 rings (SSSR count). The molecule has 3 heterocycles. The summed E-state index contributed by atoms with van der Waals surface area (Å²) in [6.45, 7) is 1.12. The molecular formula is C18H16N4O6S. The van der Waals surface area contributed by atoms with Crippen LogP contribution in [0.15, 0.2) is 29.6 Å². The molecule has 0 radical (unpaired) electrons. The summed E-state index contributed by atoms with van der Waals surface area (Å²) in [4.78, 5) is 49.9. The van der Waals surface area contributed by atoms with E-state index in [1.807, 2.05) is 0 Å². The molecule has 4 N–H and O–H groups in total. The van der Waals surface area contributed by atoms with E-state index in [1.165, 1.54) is 6.07 Å². The minimum atomic E-state index is -1.36. The van der Waals surface area contributed by atoms with Gasteiger partial charge in [-0.2, -0.15) is 0 Å². The van der Waals surface area contributed by atoms with Gasteiger partial charge in [0.2, 0.25) is 12.7 Å². The Bertz CT molecular complexity index is 1050. The SMILES string of the molecule is CC1(c2ccc3c(c2)OCO3)NC(=O)N(CC(=O)Nc2sccc2C(N)=O)C1=O. The van der Waals surface area contributed by atoms with E-state index in [-0.39, 0.29) is 17.4 Å². The summed E-state index contributed by atoms with van der Waals surface area (Å²) in [7, 11) is 0. The second-order valence-electron chi connectivity index (χ2n) is 6.59. The summed E-state index contributed by atoms with van der Waals surface area (Å²) in [5.74, 6) is -0.886. The highest BCUT2D eigenvalue weighted by atomic mass is 32.1. The van der Waals surface area contributed by atoms with Crippen molar-refractivity contribution in [3.63, 3.8) is 0 Å².